The first-order valence-electron chi connectivity index (χ1n) is 5.53. The van der Waals surface area contributed by atoms with Gasteiger partial charge in [0.2, 0.25) is 0 Å². The molecule has 1 aromatic carbocycles. The largest absolute Gasteiger partial charge is 0.297 e. The molecule has 0 amide bonds. The molecule has 80 valence electrons. The minimum atomic E-state index is 0.794. The van der Waals surface area contributed by atoms with Gasteiger partial charge in [0.15, 0.2) is 5.65 Å². The number of imidazole rings is 1. The summed E-state index contributed by atoms with van der Waals surface area (Å²) in [5, 5.41) is 2.42. The van der Waals surface area contributed by atoms with Gasteiger partial charge >= 0.3 is 0 Å². The summed E-state index contributed by atoms with van der Waals surface area (Å²) in [7, 11) is 0. The normalized spacial score (nSPS) is 11.5. The first kappa shape index (κ1) is 8.70. The Labute approximate surface area is 97.4 Å². The Bertz CT molecular complexity index is 840. The van der Waals surface area contributed by atoms with Gasteiger partial charge < -0.3 is 0 Å². The van der Waals surface area contributed by atoms with Crippen LogP contribution >= 0.6 is 0 Å². The molecule has 0 fully saturated rings. The quantitative estimate of drug-likeness (QED) is 0.455. The van der Waals surface area contributed by atoms with Crippen molar-refractivity contribution < 1.29 is 0 Å². The minimum Gasteiger partial charge on any atom is -0.297 e. The molecule has 4 rings (SSSR count). The predicted octanol–water partition coefficient (Wildman–Crippen LogP) is 3.04. The second-order valence-corrected chi connectivity index (χ2v) is 4.09. The van der Waals surface area contributed by atoms with E-state index in [4.69, 9.17) is 0 Å². The fourth-order valence-electron chi connectivity index (χ4n) is 2.22. The highest BCUT2D eigenvalue weighted by Gasteiger charge is 2.05. The van der Waals surface area contributed by atoms with Crippen LogP contribution in [0.4, 0.5) is 0 Å². The molecule has 0 unspecified atom stereocenters. The third-order valence-electron chi connectivity index (χ3n) is 3.04. The Kier molecular flexibility index (Phi) is 1.56. The van der Waals surface area contributed by atoms with Crippen LogP contribution in [-0.2, 0) is 0 Å². The fraction of sp³-hybridized carbons (Fsp3) is 0. The van der Waals surface area contributed by atoms with Crippen molar-refractivity contribution in [1.29, 1.82) is 0 Å². The maximum Gasteiger partial charge on any atom is 0.178 e. The number of aromatic nitrogens is 3. The molecule has 0 aliphatic rings. The number of benzene rings is 1. The fourth-order valence-corrected chi connectivity index (χ4v) is 2.22. The lowest BCUT2D eigenvalue weighted by Crippen LogP contribution is -1.84. The van der Waals surface area contributed by atoms with Crippen LogP contribution in [0.3, 0.4) is 0 Å². The van der Waals surface area contributed by atoms with E-state index >= 15 is 0 Å². The zero-order valence-electron chi connectivity index (χ0n) is 9.04. The van der Waals surface area contributed by atoms with E-state index in [1.807, 2.05) is 24.3 Å². The van der Waals surface area contributed by atoms with Crippen molar-refractivity contribution in [2.24, 2.45) is 0 Å². The summed E-state index contributed by atoms with van der Waals surface area (Å²) in [5.41, 5.74) is 2.79. The third-order valence-corrected chi connectivity index (χ3v) is 3.04. The third kappa shape index (κ3) is 1.16. The number of hydrogen-bond acceptors (Lipinski definition) is 2. The van der Waals surface area contributed by atoms with E-state index in [1.165, 1.54) is 10.8 Å². The van der Waals surface area contributed by atoms with Gasteiger partial charge in [-0.05, 0) is 29.0 Å². The van der Waals surface area contributed by atoms with Crippen LogP contribution in [0.25, 0.3) is 27.6 Å². The topological polar surface area (TPSA) is 30.2 Å². The molecule has 0 atom stereocenters. The molecule has 4 aromatic rings. The Morgan fingerprint density at radius 3 is 2.76 bits per heavy atom. The second-order valence-electron chi connectivity index (χ2n) is 4.09. The molecule has 3 nitrogen and oxygen atoms in total. The highest BCUT2D eigenvalue weighted by Crippen LogP contribution is 2.20. The number of pyridine rings is 2. The van der Waals surface area contributed by atoms with Gasteiger partial charge in [-0.3, -0.25) is 4.40 Å². The highest BCUT2D eigenvalue weighted by molar-refractivity contribution is 5.88. The summed E-state index contributed by atoms with van der Waals surface area (Å²) in [6.45, 7) is 0. The number of nitrogens with zero attached hydrogens (tertiary/aromatic N) is 3. The lowest BCUT2D eigenvalue weighted by atomic mass is 10.2. The van der Waals surface area contributed by atoms with Crippen molar-refractivity contribution >= 4 is 27.6 Å². The van der Waals surface area contributed by atoms with Gasteiger partial charge in [-0.2, -0.15) is 0 Å². The molecule has 3 heterocycles. The van der Waals surface area contributed by atoms with Crippen LogP contribution in [0.2, 0.25) is 0 Å². The maximum absolute atomic E-state index is 4.52. The number of hydrogen-bond donors (Lipinski definition) is 0. The van der Waals surface area contributed by atoms with Crippen LogP contribution in [0, 0.1) is 0 Å². The molecule has 3 heteroatoms. The Hall–Kier alpha value is -2.42. The van der Waals surface area contributed by atoms with Crippen LogP contribution in [0.5, 0.6) is 0 Å². The average molecular weight is 219 g/mol. The van der Waals surface area contributed by atoms with Crippen molar-refractivity contribution in [2.45, 2.75) is 0 Å². The van der Waals surface area contributed by atoms with Crippen molar-refractivity contribution in [3.05, 3.63) is 54.9 Å². The second kappa shape index (κ2) is 3.04. The van der Waals surface area contributed by atoms with Crippen molar-refractivity contribution in [3.8, 4) is 0 Å². The maximum atomic E-state index is 4.52. The summed E-state index contributed by atoms with van der Waals surface area (Å²) in [4.78, 5) is 8.79. The highest BCUT2D eigenvalue weighted by atomic mass is 15.0. The zero-order chi connectivity index (χ0) is 11.2. The first-order chi connectivity index (χ1) is 8.42. The number of fused-ring (bicyclic) bond motifs is 4. The molecular formula is C14H9N3. The number of rotatable bonds is 0. The van der Waals surface area contributed by atoms with E-state index in [2.05, 4.69) is 38.8 Å². The zero-order valence-corrected chi connectivity index (χ0v) is 9.04. The van der Waals surface area contributed by atoms with Crippen LogP contribution in [0.15, 0.2) is 54.9 Å². The summed E-state index contributed by atoms with van der Waals surface area (Å²) >= 11 is 0. The Morgan fingerprint density at radius 1 is 0.941 bits per heavy atom. The molecule has 0 bridgehead atoms. The Balaban J connectivity index is 2.28. The average Bonchev–Trinajstić information content (AvgIpc) is 2.73. The van der Waals surface area contributed by atoms with E-state index in [9.17, 15) is 0 Å². The molecule has 0 aliphatic carbocycles. The Morgan fingerprint density at radius 2 is 1.82 bits per heavy atom. The van der Waals surface area contributed by atoms with Crippen LogP contribution in [0.1, 0.15) is 0 Å². The van der Waals surface area contributed by atoms with E-state index in [0.29, 0.717) is 0 Å². The van der Waals surface area contributed by atoms with Crippen LogP contribution in [-0.4, -0.2) is 14.4 Å². The lowest BCUT2D eigenvalue weighted by Gasteiger charge is -1.99. The molecule has 0 spiro atoms. The standard InChI is InChI=1S/C14H9N3/c1-2-5-11-9-17-12-6-3-7-15-14(12)16-13(17)8-10(11)4-1/h1-9H. The van der Waals surface area contributed by atoms with Gasteiger partial charge in [0.05, 0.1) is 5.52 Å². The van der Waals surface area contributed by atoms with Crippen LogP contribution < -0.4 is 0 Å². The molecule has 0 aliphatic heterocycles. The van der Waals surface area contributed by atoms with Crippen molar-refractivity contribution in [1.82, 2.24) is 14.4 Å². The van der Waals surface area contributed by atoms with E-state index in [-0.39, 0.29) is 0 Å². The molecular weight excluding hydrogens is 210 g/mol. The molecule has 0 saturated heterocycles. The SMILES string of the molecule is c1ccc2cn3c(cc2c1)nc1ncccc13. The summed E-state index contributed by atoms with van der Waals surface area (Å²) < 4.78 is 2.09. The van der Waals surface area contributed by atoms with E-state index < -0.39 is 0 Å². The van der Waals surface area contributed by atoms with Gasteiger partial charge in [-0.25, -0.2) is 9.97 Å². The smallest absolute Gasteiger partial charge is 0.178 e. The minimum absolute atomic E-state index is 0.794. The summed E-state index contributed by atoms with van der Waals surface area (Å²) in [6.07, 6.45) is 3.89. The van der Waals surface area contributed by atoms with Gasteiger partial charge in [0.25, 0.3) is 0 Å². The monoisotopic (exact) mass is 219 g/mol. The predicted molar refractivity (Wildman–Crippen MR) is 68.0 cm³/mol. The first-order valence-corrected chi connectivity index (χ1v) is 5.53. The van der Waals surface area contributed by atoms with Gasteiger partial charge in [0.1, 0.15) is 5.65 Å². The van der Waals surface area contributed by atoms with E-state index in [1.54, 1.807) is 6.20 Å². The molecule has 0 N–H and O–H groups in total. The van der Waals surface area contributed by atoms with Crippen molar-refractivity contribution in [3.63, 3.8) is 0 Å². The summed E-state index contributed by atoms with van der Waals surface area (Å²) in [6, 6.07) is 14.4. The van der Waals surface area contributed by atoms with Gasteiger partial charge in [0, 0.05) is 12.4 Å². The van der Waals surface area contributed by atoms with E-state index in [0.717, 1.165) is 16.8 Å². The lowest BCUT2D eigenvalue weighted by molar-refractivity contribution is 1.25. The molecule has 17 heavy (non-hydrogen) atoms. The molecule has 0 radical (unpaired) electrons. The van der Waals surface area contributed by atoms with Gasteiger partial charge in [-0.1, -0.05) is 24.3 Å². The van der Waals surface area contributed by atoms with Gasteiger partial charge in [-0.15, -0.1) is 0 Å². The molecule has 0 saturated carbocycles. The van der Waals surface area contributed by atoms with Crippen molar-refractivity contribution in [2.75, 3.05) is 0 Å². The molecule has 3 aromatic heterocycles. The summed E-state index contributed by atoms with van der Waals surface area (Å²) in [5.74, 6) is 0.